The van der Waals surface area contributed by atoms with Crippen molar-refractivity contribution in [3.63, 3.8) is 0 Å². The lowest BCUT2D eigenvalue weighted by Crippen LogP contribution is -2.02. The van der Waals surface area contributed by atoms with E-state index in [0.717, 1.165) is 10.6 Å². The van der Waals surface area contributed by atoms with Crippen LogP contribution < -0.4 is 11.1 Å². The van der Waals surface area contributed by atoms with E-state index in [2.05, 4.69) is 37.9 Å². The summed E-state index contributed by atoms with van der Waals surface area (Å²) in [6, 6.07) is 15.5. The molecule has 0 spiro atoms. The predicted octanol–water partition coefficient (Wildman–Crippen LogP) is 5.21. The van der Waals surface area contributed by atoms with Gasteiger partial charge in [0.05, 0.1) is 0 Å². The smallest absolute Gasteiger partial charge is 0.158 e. The number of nitrogen functional groups attached to an aromatic ring is 1. The topological polar surface area (TPSA) is 63.8 Å². The molecule has 1 aromatic heterocycles. The zero-order chi connectivity index (χ0) is 16.2. The first-order valence-electron chi connectivity index (χ1n) is 6.68. The Kier molecular flexibility index (Phi) is 5.24. The molecule has 0 saturated heterocycles. The number of aromatic nitrogens is 2. The van der Waals surface area contributed by atoms with Crippen molar-refractivity contribution in [1.29, 1.82) is 0 Å². The van der Waals surface area contributed by atoms with Gasteiger partial charge in [-0.25, -0.2) is 9.97 Å². The number of nitrogens with two attached hydrogens (primary N) is 1. The van der Waals surface area contributed by atoms with Gasteiger partial charge in [0.15, 0.2) is 5.82 Å². The second kappa shape index (κ2) is 7.37. The molecule has 0 amide bonds. The van der Waals surface area contributed by atoms with Crippen LogP contribution >= 0.6 is 46.0 Å². The number of hydrogen-bond donors (Lipinski definition) is 2. The first-order chi connectivity index (χ1) is 11.1. The van der Waals surface area contributed by atoms with Crippen molar-refractivity contribution in [2.45, 2.75) is 9.92 Å². The number of hydrogen-bond acceptors (Lipinski definition) is 5. The standard InChI is InChI=1S/C16H12ClIN4S/c17-10-1-7-13(8-2-10)23-16-14(19)15(20-9-21-16)22-12-5-3-11(18)4-6-12/h1-9H,19H2,(H,20,21,22). The van der Waals surface area contributed by atoms with E-state index in [1.54, 1.807) is 0 Å². The van der Waals surface area contributed by atoms with Gasteiger partial charge in [-0.1, -0.05) is 23.4 Å². The first-order valence-corrected chi connectivity index (χ1v) is 8.95. The summed E-state index contributed by atoms with van der Waals surface area (Å²) in [5.74, 6) is 0.595. The quantitative estimate of drug-likeness (QED) is 0.418. The molecule has 23 heavy (non-hydrogen) atoms. The summed E-state index contributed by atoms with van der Waals surface area (Å²) in [4.78, 5) is 9.51. The third-order valence-electron chi connectivity index (χ3n) is 2.98. The normalized spacial score (nSPS) is 10.5. The van der Waals surface area contributed by atoms with Crippen molar-refractivity contribution in [3.05, 3.63) is 63.5 Å². The molecule has 0 saturated carbocycles. The van der Waals surface area contributed by atoms with Crippen LogP contribution in [0, 0.1) is 3.57 Å². The van der Waals surface area contributed by atoms with Crippen molar-refractivity contribution in [2.75, 3.05) is 11.1 Å². The molecule has 0 aliphatic carbocycles. The summed E-state index contributed by atoms with van der Waals surface area (Å²) in [5, 5.41) is 4.62. The Balaban J connectivity index is 1.83. The third-order valence-corrected chi connectivity index (χ3v) is 4.98. The second-order valence-electron chi connectivity index (χ2n) is 4.63. The van der Waals surface area contributed by atoms with E-state index in [-0.39, 0.29) is 0 Å². The molecule has 3 N–H and O–H groups in total. The molecule has 4 nitrogen and oxygen atoms in total. The van der Waals surface area contributed by atoms with Gasteiger partial charge < -0.3 is 11.1 Å². The molecule has 3 aromatic rings. The SMILES string of the molecule is Nc1c(Nc2ccc(I)cc2)ncnc1Sc1ccc(Cl)cc1. The van der Waals surface area contributed by atoms with Crippen molar-refractivity contribution in [3.8, 4) is 0 Å². The number of rotatable bonds is 4. The highest BCUT2D eigenvalue weighted by Crippen LogP contribution is 2.34. The van der Waals surface area contributed by atoms with Crippen molar-refractivity contribution in [1.82, 2.24) is 9.97 Å². The Morgan fingerprint density at radius 3 is 2.39 bits per heavy atom. The van der Waals surface area contributed by atoms with E-state index in [1.165, 1.54) is 21.7 Å². The van der Waals surface area contributed by atoms with Crippen LogP contribution in [0.1, 0.15) is 0 Å². The molecule has 3 rings (SSSR count). The fourth-order valence-corrected chi connectivity index (χ4v) is 3.13. The van der Waals surface area contributed by atoms with E-state index >= 15 is 0 Å². The van der Waals surface area contributed by atoms with Crippen molar-refractivity contribution < 1.29 is 0 Å². The number of nitrogens with one attached hydrogen (secondary N) is 1. The molecule has 0 aliphatic rings. The van der Waals surface area contributed by atoms with Gasteiger partial charge in [-0.05, 0) is 71.1 Å². The molecule has 0 aliphatic heterocycles. The molecule has 0 bridgehead atoms. The lowest BCUT2D eigenvalue weighted by Gasteiger charge is -2.11. The highest BCUT2D eigenvalue weighted by Gasteiger charge is 2.10. The molecule has 7 heteroatoms. The largest absolute Gasteiger partial charge is 0.394 e. The van der Waals surface area contributed by atoms with E-state index in [9.17, 15) is 0 Å². The highest BCUT2D eigenvalue weighted by molar-refractivity contribution is 14.1. The minimum Gasteiger partial charge on any atom is -0.394 e. The van der Waals surface area contributed by atoms with E-state index in [1.807, 2.05) is 48.5 Å². The summed E-state index contributed by atoms with van der Waals surface area (Å²) in [5.41, 5.74) is 7.65. The summed E-state index contributed by atoms with van der Waals surface area (Å²) in [7, 11) is 0. The second-order valence-corrected chi connectivity index (χ2v) is 7.37. The van der Waals surface area contributed by atoms with Gasteiger partial charge in [-0.2, -0.15) is 0 Å². The summed E-state index contributed by atoms with van der Waals surface area (Å²) in [6.45, 7) is 0. The van der Waals surface area contributed by atoms with E-state index in [0.29, 0.717) is 21.6 Å². The minimum atomic E-state index is 0.519. The van der Waals surface area contributed by atoms with Crippen LogP contribution in [-0.4, -0.2) is 9.97 Å². The predicted molar refractivity (Wildman–Crippen MR) is 104 cm³/mol. The molecular weight excluding hydrogens is 443 g/mol. The third kappa shape index (κ3) is 4.27. The number of anilines is 3. The fraction of sp³-hybridized carbons (Fsp3) is 0. The van der Waals surface area contributed by atoms with Crippen LogP contribution in [0.15, 0.2) is 64.8 Å². The van der Waals surface area contributed by atoms with Gasteiger partial charge in [0.25, 0.3) is 0 Å². The Morgan fingerprint density at radius 1 is 1.00 bits per heavy atom. The van der Waals surface area contributed by atoms with Crippen LogP contribution in [-0.2, 0) is 0 Å². The maximum Gasteiger partial charge on any atom is 0.158 e. The molecule has 0 radical (unpaired) electrons. The Bertz CT molecular complexity index is 744. The number of benzene rings is 2. The van der Waals surface area contributed by atoms with Gasteiger partial charge in [0.1, 0.15) is 17.0 Å². The fourth-order valence-electron chi connectivity index (χ4n) is 1.84. The van der Waals surface area contributed by atoms with Gasteiger partial charge >= 0.3 is 0 Å². The Labute approximate surface area is 157 Å². The summed E-state index contributed by atoms with van der Waals surface area (Å²) >= 11 is 9.64. The Hall–Kier alpha value is -1.51. The van der Waals surface area contributed by atoms with Crippen LogP contribution in [0.25, 0.3) is 0 Å². The van der Waals surface area contributed by atoms with Crippen LogP contribution in [0.2, 0.25) is 5.02 Å². The monoisotopic (exact) mass is 454 g/mol. The van der Waals surface area contributed by atoms with E-state index in [4.69, 9.17) is 17.3 Å². The lowest BCUT2D eigenvalue weighted by molar-refractivity contribution is 1.06. The molecular formula is C16H12ClIN4S. The molecule has 116 valence electrons. The van der Waals surface area contributed by atoms with Crippen LogP contribution in [0.5, 0.6) is 0 Å². The maximum absolute atomic E-state index is 6.20. The van der Waals surface area contributed by atoms with Gasteiger partial charge in [0.2, 0.25) is 0 Å². The lowest BCUT2D eigenvalue weighted by atomic mass is 10.3. The Morgan fingerprint density at radius 2 is 1.70 bits per heavy atom. The molecule has 0 fully saturated rings. The zero-order valence-corrected chi connectivity index (χ0v) is 15.6. The minimum absolute atomic E-state index is 0.519. The van der Waals surface area contributed by atoms with Gasteiger partial charge in [-0.3, -0.25) is 0 Å². The van der Waals surface area contributed by atoms with Crippen LogP contribution in [0.3, 0.4) is 0 Å². The summed E-state index contributed by atoms with van der Waals surface area (Å²) < 4.78 is 1.17. The van der Waals surface area contributed by atoms with Crippen LogP contribution in [0.4, 0.5) is 17.2 Å². The van der Waals surface area contributed by atoms with Crippen molar-refractivity contribution >= 4 is 63.1 Å². The van der Waals surface area contributed by atoms with Crippen molar-refractivity contribution in [2.24, 2.45) is 0 Å². The van der Waals surface area contributed by atoms with Gasteiger partial charge in [0, 0.05) is 19.2 Å². The summed E-state index contributed by atoms with van der Waals surface area (Å²) in [6.07, 6.45) is 1.50. The highest BCUT2D eigenvalue weighted by atomic mass is 127. The maximum atomic E-state index is 6.20. The molecule has 0 atom stereocenters. The number of halogens is 2. The molecule has 2 aromatic carbocycles. The van der Waals surface area contributed by atoms with E-state index < -0.39 is 0 Å². The average molecular weight is 455 g/mol. The number of nitrogens with zero attached hydrogens (tertiary/aromatic N) is 2. The molecule has 1 heterocycles. The zero-order valence-electron chi connectivity index (χ0n) is 11.8. The average Bonchev–Trinajstić information content (AvgIpc) is 2.55. The van der Waals surface area contributed by atoms with Gasteiger partial charge in [-0.15, -0.1) is 0 Å². The molecule has 0 unspecified atom stereocenters. The first kappa shape index (κ1) is 16.4.